The lowest BCUT2D eigenvalue weighted by atomic mass is 10.8. The van der Waals surface area contributed by atoms with Gasteiger partial charge >= 0.3 is 0 Å². The van der Waals surface area contributed by atoms with E-state index in [1.54, 1.807) is 11.0 Å². The Bertz CT molecular complexity index is 140. The fourth-order valence-electron chi connectivity index (χ4n) is 0.447. The molecule has 0 aliphatic rings. The van der Waals surface area contributed by atoms with Crippen LogP contribution in [0.25, 0.3) is 0 Å². The molecule has 1 aromatic rings. The Morgan fingerprint density at radius 2 is 2.25 bits per heavy atom. The van der Waals surface area contributed by atoms with Gasteiger partial charge in [0, 0.05) is 7.05 Å². The second kappa shape index (κ2) is 2.45. The van der Waals surface area contributed by atoms with Crippen molar-refractivity contribution in [1.29, 1.82) is 0 Å². The van der Waals surface area contributed by atoms with Crippen LogP contribution in [0.2, 0.25) is 0 Å². The lowest BCUT2D eigenvalue weighted by molar-refractivity contribution is 0.756. The Morgan fingerprint density at radius 1 is 1.62 bits per heavy atom. The molecule has 0 aromatic carbocycles. The Kier molecular flexibility index (Phi) is 2.19. The highest BCUT2D eigenvalue weighted by molar-refractivity contribution is 4.72. The van der Waals surface area contributed by atoms with Gasteiger partial charge < -0.3 is 0 Å². The van der Waals surface area contributed by atoms with Crippen molar-refractivity contribution < 1.29 is 0 Å². The number of aromatic nitrogens is 3. The number of hydrogen-bond acceptors (Lipinski definition) is 2. The first kappa shape index (κ1) is 7.14. The Balaban J connectivity index is 0.000000490. The molecule has 0 unspecified atom stereocenters. The summed E-state index contributed by atoms with van der Waals surface area (Å²) in [7, 11) is 1.85. The summed E-state index contributed by atoms with van der Waals surface area (Å²) in [4.78, 5) is 3.87. The van der Waals surface area contributed by atoms with Crippen molar-refractivity contribution in [3.8, 4) is 0 Å². The second-order valence-corrected chi connectivity index (χ2v) is 1.47. The van der Waals surface area contributed by atoms with E-state index in [-0.39, 0.29) is 7.43 Å². The van der Waals surface area contributed by atoms with Gasteiger partial charge in [0.25, 0.3) is 0 Å². The molecule has 0 saturated heterocycles. The van der Waals surface area contributed by atoms with Crippen LogP contribution >= 0.6 is 0 Å². The minimum atomic E-state index is 0. The predicted octanol–water partition coefficient (Wildman–Crippen LogP) is 0.760. The van der Waals surface area contributed by atoms with E-state index in [4.69, 9.17) is 0 Å². The molecule has 0 aliphatic heterocycles. The van der Waals surface area contributed by atoms with Crippen LogP contribution in [0, 0.1) is 6.92 Å². The number of aryl methyl sites for hydroxylation is 2. The first-order valence-corrected chi connectivity index (χ1v) is 2.11. The molecule has 0 saturated carbocycles. The minimum absolute atomic E-state index is 0. The first-order valence-electron chi connectivity index (χ1n) is 2.11. The fraction of sp³-hybridized carbons (Fsp3) is 0.600. The summed E-state index contributed by atoms with van der Waals surface area (Å²) in [5, 5.41) is 3.92. The lowest BCUT2D eigenvalue weighted by Crippen LogP contribution is -1.86. The SMILES string of the molecule is C.Cc1ncn(C)n1. The van der Waals surface area contributed by atoms with Gasteiger partial charge in [-0.1, -0.05) is 7.43 Å². The molecule has 1 aromatic heterocycles. The maximum Gasteiger partial charge on any atom is 0.147 e. The van der Waals surface area contributed by atoms with Gasteiger partial charge in [0.1, 0.15) is 12.2 Å². The molecule has 0 radical (unpaired) electrons. The molecule has 3 heteroatoms. The molecule has 0 spiro atoms. The Labute approximate surface area is 49.4 Å². The highest BCUT2D eigenvalue weighted by Crippen LogP contribution is 1.79. The monoisotopic (exact) mass is 113 g/mol. The number of rotatable bonds is 0. The number of hydrogen-bond donors (Lipinski definition) is 0. The van der Waals surface area contributed by atoms with Crippen LogP contribution in [0.15, 0.2) is 6.33 Å². The van der Waals surface area contributed by atoms with E-state index in [0.29, 0.717) is 0 Å². The highest BCUT2D eigenvalue weighted by Gasteiger charge is 1.83. The summed E-state index contributed by atoms with van der Waals surface area (Å²) in [6.07, 6.45) is 1.68. The van der Waals surface area contributed by atoms with E-state index in [1.165, 1.54) is 0 Å². The summed E-state index contributed by atoms with van der Waals surface area (Å²) < 4.78 is 1.68. The average molecular weight is 113 g/mol. The van der Waals surface area contributed by atoms with Crippen LogP contribution in [0.4, 0.5) is 0 Å². The molecule has 0 fully saturated rings. The quantitative estimate of drug-likeness (QED) is 0.497. The predicted molar refractivity (Wildman–Crippen MR) is 32.5 cm³/mol. The standard InChI is InChI=1S/C4H7N3.CH4/c1-4-5-3-7(2)6-4;/h3H,1-2H3;1H4. The number of nitrogens with zero attached hydrogens (tertiary/aromatic N) is 3. The van der Waals surface area contributed by atoms with Gasteiger partial charge in [-0.3, -0.25) is 4.68 Å². The molecule has 0 bridgehead atoms. The molecule has 1 rings (SSSR count). The molecule has 3 nitrogen and oxygen atoms in total. The van der Waals surface area contributed by atoms with Crippen molar-refractivity contribution in [2.24, 2.45) is 7.05 Å². The van der Waals surface area contributed by atoms with Crippen molar-refractivity contribution in [1.82, 2.24) is 14.8 Å². The van der Waals surface area contributed by atoms with E-state index in [2.05, 4.69) is 10.1 Å². The highest BCUT2D eigenvalue weighted by atomic mass is 15.3. The third kappa shape index (κ3) is 1.33. The third-order valence-electron chi connectivity index (χ3n) is 0.714. The summed E-state index contributed by atoms with van der Waals surface area (Å²) in [6, 6.07) is 0. The molecular weight excluding hydrogens is 102 g/mol. The van der Waals surface area contributed by atoms with Crippen molar-refractivity contribution in [2.45, 2.75) is 14.4 Å². The third-order valence-corrected chi connectivity index (χ3v) is 0.714. The molecule has 1 heterocycles. The fourth-order valence-corrected chi connectivity index (χ4v) is 0.447. The van der Waals surface area contributed by atoms with Gasteiger partial charge in [-0.2, -0.15) is 5.10 Å². The maximum atomic E-state index is 3.92. The van der Waals surface area contributed by atoms with Crippen LogP contribution < -0.4 is 0 Å². The normalized spacial score (nSPS) is 8.25. The largest absolute Gasteiger partial charge is 0.256 e. The molecule has 0 aliphatic carbocycles. The van der Waals surface area contributed by atoms with Crippen LogP contribution in [0.1, 0.15) is 13.3 Å². The first-order chi connectivity index (χ1) is 3.29. The summed E-state index contributed by atoms with van der Waals surface area (Å²) >= 11 is 0. The summed E-state index contributed by atoms with van der Waals surface area (Å²) in [5.41, 5.74) is 0. The van der Waals surface area contributed by atoms with Gasteiger partial charge in [-0.25, -0.2) is 4.98 Å². The topological polar surface area (TPSA) is 30.7 Å². The second-order valence-electron chi connectivity index (χ2n) is 1.47. The molecule has 8 heavy (non-hydrogen) atoms. The van der Waals surface area contributed by atoms with E-state index in [1.807, 2.05) is 14.0 Å². The average Bonchev–Trinajstić information content (AvgIpc) is 1.87. The zero-order valence-electron chi connectivity index (χ0n) is 4.42. The minimum Gasteiger partial charge on any atom is -0.256 e. The van der Waals surface area contributed by atoms with Crippen molar-refractivity contribution in [3.05, 3.63) is 12.2 Å². The van der Waals surface area contributed by atoms with Crippen molar-refractivity contribution in [3.63, 3.8) is 0 Å². The van der Waals surface area contributed by atoms with Gasteiger partial charge in [-0.15, -0.1) is 0 Å². The van der Waals surface area contributed by atoms with Crippen molar-refractivity contribution in [2.75, 3.05) is 0 Å². The van der Waals surface area contributed by atoms with Gasteiger partial charge in [-0.05, 0) is 6.92 Å². The van der Waals surface area contributed by atoms with Crippen LogP contribution in [0.5, 0.6) is 0 Å². The molecule has 0 amide bonds. The smallest absolute Gasteiger partial charge is 0.147 e. The summed E-state index contributed by atoms with van der Waals surface area (Å²) in [6.45, 7) is 1.86. The van der Waals surface area contributed by atoms with Gasteiger partial charge in [0.05, 0.1) is 0 Å². The van der Waals surface area contributed by atoms with E-state index in [9.17, 15) is 0 Å². The van der Waals surface area contributed by atoms with Gasteiger partial charge in [0.2, 0.25) is 0 Å². The van der Waals surface area contributed by atoms with Gasteiger partial charge in [0.15, 0.2) is 0 Å². The summed E-state index contributed by atoms with van der Waals surface area (Å²) in [5.74, 6) is 0.822. The maximum absolute atomic E-state index is 3.92. The lowest BCUT2D eigenvalue weighted by Gasteiger charge is -1.76. The van der Waals surface area contributed by atoms with Crippen LogP contribution in [-0.2, 0) is 7.05 Å². The van der Waals surface area contributed by atoms with E-state index in [0.717, 1.165) is 5.82 Å². The van der Waals surface area contributed by atoms with E-state index < -0.39 is 0 Å². The Morgan fingerprint density at radius 3 is 2.38 bits per heavy atom. The van der Waals surface area contributed by atoms with Crippen LogP contribution in [-0.4, -0.2) is 14.8 Å². The van der Waals surface area contributed by atoms with E-state index >= 15 is 0 Å². The molecule has 46 valence electrons. The Hall–Kier alpha value is -0.860. The van der Waals surface area contributed by atoms with Crippen LogP contribution in [0.3, 0.4) is 0 Å². The van der Waals surface area contributed by atoms with Crippen molar-refractivity contribution >= 4 is 0 Å². The zero-order valence-corrected chi connectivity index (χ0v) is 4.42. The molecular formula is C5H11N3. The zero-order chi connectivity index (χ0) is 5.28. The molecule has 0 N–H and O–H groups in total. The molecule has 0 atom stereocenters.